The first-order chi connectivity index (χ1) is 13.6. The second kappa shape index (κ2) is 9.58. The molecule has 2 N–H and O–H groups in total. The molecule has 156 valence electrons. The van der Waals surface area contributed by atoms with Crippen LogP contribution in [0.1, 0.15) is 31.2 Å². The molecule has 7 nitrogen and oxygen atoms in total. The normalized spacial score (nSPS) is 23.7. The molecule has 0 bridgehead atoms. The molecular formula is C21H32N2O5. The largest absolute Gasteiger partial charge is 0.493 e. The molecule has 0 aliphatic carbocycles. The van der Waals surface area contributed by atoms with Gasteiger partial charge in [0.25, 0.3) is 5.91 Å². The smallest absolute Gasteiger partial charge is 0.256 e. The van der Waals surface area contributed by atoms with E-state index < -0.39 is 5.60 Å². The summed E-state index contributed by atoms with van der Waals surface area (Å²) in [4.78, 5) is 14.8. The number of para-hydroxylation sites is 1. The van der Waals surface area contributed by atoms with E-state index in [1.54, 1.807) is 19.1 Å². The summed E-state index contributed by atoms with van der Waals surface area (Å²) in [7, 11) is 3.19. The van der Waals surface area contributed by atoms with Gasteiger partial charge in [0.15, 0.2) is 17.1 Å². The molecule has 0 spiro atoms. The minimum absolute atomic E-state index is 0.219. The van der Waals surface area contributed by atoms with E-state index in [1.165, 1.54) is 0 Å². The summed E-state index contributed by atoms with van der Waals surface area (Å²) in [5.41, 5.74) is -0.482. The lowest BCUT2D eigenvalue weighted by molar-refractivity contribution is -0.157. The van der Waals surface area contributed by atoms with Crippen LogP contribution in [0.15, 0.2) is 18.2 Å². The molecular weight excluding hydrogens is 360 g/mol. The average Bonchev–Trinajstić information content (AvgIpc) is 2.72. The fraction of sp³-hybridized carbons (Fsp3) is 0.667. The van der Waals surface area contributed by atoms with E-state index in [-0.39, 0.29) is 12.5 Å². The van der Waals surface area contributed by atoms with E-state index in [2.05, 4.69) is 5.32 Å². The molecule has 1 aromatic carbocycles. The first-order valence-corrected chi connectivity index (χ1v) is 10.1. The predicted molar refractivity (Wildman–Crippen MR) is 106 cm³/mol. The fourth-order valence-electron chi connectivity index (χ4n) is 4.10. The minimum Gasteiger partial charge on any atom is -0.493 e. The highest BCUT2D eigenvalue weighted by Crippen LogP contribution is 2.33. The molecule has 1 aromatic rings. The van der Waals surface area contributed by atoms with E-state index in [4.69, 9.17) is 14.2 Å². The van der Waals surface area contributed by atoms with Gasteiger partial charge in [-0.2, -0.15) is 0 Å². The van der Waals surface area contributed by atoms with Crippen LogP contribution in [0, 0.1) is 5.92 Å². The number of carbonyl (C=O) groups excluding carboxylic acids is 1. The zero-order valence-corrected chi connectivity index (χ0v) is 16.9. The highest BCUT2D eigenvalue weighted by molar-refractivity contribution is 5.86. The van der Waals surface area contributed by atoms with Gasteiger partial charge in [0, 0.05) is 38.4 Å². The number of hydrogen-bond donors (Lipinski definition) is 2. The topological polar surface area (TPSA) is 80.3 Å². The Hall–Kier alpha value is -1.83. The fourth-order valence-corrected chi connectivity index (χ4v) is 4.10. The van der Waals surface area contributed by atoms with Crippen LogP contribution in [-0.4, -0.2) is 68.6 Å². The van der Waals surface area contributed by atoms with Gasteiger partial charge in [0.05, 0.1) is 14.2 Å². The number of methoxy groups -OCH3 is 2. The van der Waals surface area contributed by atoms with E-state index in [0.29, 0.717) is 36.9 Å². The molecule has 2 fully saturated rings. The lowest BCUT2D eigenvalue weighted by Crippen LogP contribution is -2.58. The molecule has 2 saturated heterocycles. The number of ether oxygens (including phenoxy) is 3. The van der Waals surface area contributed by atoms with E-state index >= 15 is 0 Å². The number of hydrogen-bond acceptors (Lipinski definition) is 6. The molecule has 1 atom stereocenters. The van der Waals surface area contributed by atoms with Crippen LogP contribution in [0.2, 0.25) is 0 Å². The lowest BCUT2D eigenvalue weighted by atomic mass is 9.90. The third-order valence-electron chi connectivity index (χ3n) is 5.74. The quantitative estimate of drug-likeness (QED) is 0.699. The monoisotopic (exact) mass is 392 g/mol. The van der Waals surface area contributed by atoms with Crippen molar-refractivity contribution >= 4 is 5.91 Å². The number of rotatable bonds is 8. The molecule has 28 heavy (non-hydrogen) atoms. The van der Waals surface area contributed by atoms with Gasteiger partial charge < -0.3 is 29.5 Å². The third-order valence-corrected chi connectivity index (χ3v) is 5.74. The average molecular weight is 392 g/mol. The molecule has 1 amide bonds. The van der Waals surface area contributed by atoms with Crippen LogP contribution in [0.5, 0.6) is 11.5 Å². The Bertz CT molecular complexity index is 662. The first kappa shape index (κ1) is 20.9. The van der Waals surface area contributed by atoms with Crippen LogP contribution in [-0.2, 0) is 16.1 Å². The lowest BCUT2D eigenvalue weighted by Gasteiger charge is -2.39. The highest BCUT2D eigenvalue weighted by Gasteiger charge is 2.42. The second-order valence-electron chi connectivity index (χ2n) is 7.70. The number of amides is 1. The summed E-state index contributed by atoms with van der Waals surface area (Å²) in [6.07, 6.45) is 3.31. The van der Waals surface area contributed by atoms with Gasteiger partial charge in [0.1, 0.15) is 0 Å². The van der Waals surface area contributed by atoms with Crippen molar-refractivity contribution in [2.75, 3.05) is 47.1 Å². The van der Waals surface area contributed by atoms with Gasteiger partial charge in [0.2, 0.25) is 0 Å². The molecule has 2 aliphatic heterocycles. The summed E-state index contributed by atoms with van der Waals surface area (Å²) in [6, 6.07) is 5.63. The van der Waals surface area contributed by atoms with Crippen molar-refractivity contribution in [2.24, 2.45) is 5.92 Å². The molecule has 7 heteroatoms. The van der Waals surface area contributed by atoms with Crippen LogP contribution >= 0.6 is 0 Å². The van der Waals surface area contributed by atoms with E-state index in [0.717, 1.165) is 44.6 Å². The van der Waals surface area contributed by atoms with Crippen LogP contribution in [0.25, 0.3) is 0 Å². The van der Waals surface area contributed by atoms with E-state index in [1.807, 2.05) is 18.2 Å². The maximum absolute atomic E-state index is 13.0. The van der Waals surface area contributed by atoms with Crippen molar-refractivity contribution in [1.29, 1.82) is 0 Å². The highest BCUT2D eigenvalue weighted by atomic mass is 16.5. The number of nitrogens with one attached hydrogen (secondary N) is 1. The summed E-state index contributed by atoms with van der Waals surface area (Å²) in [6.45, 7) is 3.71. The first-order valence-electron chi connectivity index (χ1n) is 10.1. The van der Waals surface area contributed by atoms with Crippen molar-refractivity contribution in [2.45, 2.75) is 37.8 Å². The molecule has 2 heterocycles. The van der Waals surface area contributed by atoms with E-state index in [9.17, 15) is 9.90 Å². The summed E-state index contributed by atoms with van der Waals surface area (Å²) < 4.78 is 16.2. The van der Waals surface area contributed by atoms with Crippen molar-refractivity contribution in [3.63, 3.8) is 0 Å². The number of carbonyl (C=O) groups is 1. The van der Waals surface area contributed by atoms with Crippen LogP contribution < -0.4 is 14.8 Å². The molecule has 1 unspecified atom stereocenters. The van der Waals surface area contributed by atoms with Gasteiger partial charge in [-0.05, 0) is 44.2 Å². The van der Waals surface area contributed by atoms with Gasteiger partial charge in [-0.25, -0.2) is 0 Å². The molecule has 0 aromatic heterocycles. The van der Waals surface area contributed by atoms with Crippen molar-refractivity contribution in [3.05, 3.63) is 23.8 Å². The molecule has 0 radical (unpaired) electrons. The Labute approximate surface area is 166 Å². The van der Waals surface area contributed by atoms with Gasteiger partial charge >= 0.3 is 0 Å². The van der Waals surface area contributed by atoms with Crippen LogP contribution in [0.3, 0.4) is 0 Å². The predicted octanol–water partition coefficient (Wildman–Crippen LogP) is 1.57. The maximum Gasteiger partial charge on any atom is 0.256 e. The standard InChI is InChI=1S/C21H32N2O5/c1-26-18-6-3-5-17(19(18)27-2)14-23-10-4-9-21(25,20(23)24)15-22-13-16-7-11-28-12-8-16/h3,5-6,16,22,25H,4,7-15H2,1-2H3. The van der Waals surface area contributed by atoms with Gasteiger partial charge in [-0.1, -0.05) is 12.1 Å². The Morgan fingerprint density at radius 2 is 2.07 bits per heavy atom. The Morgan fingerprint density at radius 1 is 1.29 bits per heavy atom. The summed E-state index contributed by atoms with van der Waals surface area (Å²) in [5.74, 6) is 1.60. The number of likely N-dealkylation sites (tertiary alicyclic amines) is 1. The SMILES string of the molecule is COc1cccc(CN2CCCC(O)(CNCC3CCOCC3)C2=O)c1OC. The third kappa shape index (κ3) is 4.77. The number of piperidine rings is 1. The molecule has 3 rings (SSSR count). The Balaban J connectivity index is 1.61. The minimum atomic E-state index is -1.35. The van der Waals surface area contributed by atoms with Crippen LogP contribution in [0.4, 0.5) is 0 Å². The number of benzene rings is 1. The zero-order chi connectivity index (χ0) is 20.0. The van der Waals surface area contributed by atoms with Gasteiger partial charge in [-0.3, -0.25) is 4.79 Å². The Morgan fingerprint density at radius 3 is 2.79 bits per heavy atom. The van der Waals surface area contributed by atoms with Crippen molar-refractivity contribution in [3.8, 4) is 11.5 Å². The van der Waals surface area contributed by atoms with Crippen molar-refractivity contribution < 1.29 is 24.1 Å². The van der Waals surface area contributed by atoms with Crippen molar-refractivity contribution in [1.82, 2.24) is 10.2 Å². The maximum atomic E-state index is 13.0. The second-order valence-corrected chi connectivity index (χ2v) is 7.70. The summed E-state index contributed by atoms with van der Waals surface area (Å²) >= 11 is 0. The zero-order valence-electron chi connectivity index (χ0n) is 16.9. The Kier molecular flexibility index (Phi) is 7.15. The summed E-state index contributed by atoms with van der Waals surface area (Å²) in [5, 5.41) is 14.3. The molecule has 0 saturated carbocycles. The number of aliphatic hydroxyl groups is 1. The molecule has 2 aliphatic rings. The number of nitrogens with zero attached hydrogens (tertiary/aromatic N) is 1. The van der Waals surface area contributed by atoms with Gasteiger partial charge in [-0.15, -0.1) is 0 Å².